The third-order valence-corrected chi connectivity index (χ3v) is 3.95. The van der Waals surface area contributed by atoms with Gasteiger partial charge < -0.3 is 13.7 Å². The van der Waals surface area contributed by atoms with Crippen molar-refractivity contribution < 1.29 is 0 Å². The molecule has 16 heavy (non-hydrogen) atoms. The predicted molar refractivity (Wildman–Crippen MR) is 75.7 cm³/mol. The zero-order valence-corrected chi connectivity index (χ0v) is 14.0. The highest BCUT2D eigenvalue weighted by atomic mass is 27.1. The highest BCUT2D eigenvalue weighted by molar-refractivity contribution is 6.04. The van der Waals surface area contributed by atoms with E-state index in [1.807, 2.05) is 0 Å². The Bertz CT molecular complexity index is 149. The van der Waals surface area contributed by atoms with Crippen molar-refractivity contribution in [2.45, 2.75) is 26.7 Å². The third kappa shape index (κ3) is 9.63. The molecule has 0 bridgehead atoms. The molecule has 0 fully saturated rings. The average Bonchev–Trinajstić information content (AvgIpc) is 2.24. The lowest BCUT2D eigenvalue weighted by Crippen LogP contribution is -2.30. The first-order valence-corrected chi connectivity index (χ1v) is 7.55. The Morgan fingerprint density at radius 3 is 1.75 bits per heavy atom. The Morgan fingerprint density at radius 1 is 0.812 bits per heavy atom. The third-order valence-electron chi connectivity index (χ3n) is 3.05. The summed E-state index contributed by atoms with van der Waals surface area (Å²) < 4.78 is 2.59. The van der Waals surface area contributed by atoms with Gasteiger partial charge >= 0.3 is 16.5 Å². The van der Waals surface area contributed by atoms with Gasteiger partial charge in [0.2, 0.25) is 0 Å². The Hall–Kier alpha value is 0.412. The van der Waals surface area contributed by atoms with Gasteiger partial charge in [0.15, 0.2) is 0 Å². The largest absolute Gasteiger partial charge is 0.390 e. The molecule has 0 atom stereocenters. The number of hydrogen-bond donors (Lipinski definition) is 0. The maximum atomic E-state index is 2.59. The van der Waals surface area contributed by atoms with Crippen molar-refractivity contribution in [1.82, 2.24) is 13.7 Å². The maximum Gasteiger partial charge on any atom is 0.321 e. The molecule has 0 spiro atoms. The summed E-state index contributed by atoms with van der Waals surface area (Å²) in [7, 11) is 4.30. The van der Waals surface area contributed by atoms with Gasteiger partial charge in [-0.1, -0.05) is 13.8 Å². The molecule has 96 valence electrons. The van der Waals surface area contributed by atoms with Crippen LogP contribution in [0.25, 0.3) is 0 Å². The van der Waals surface area contributed by atoms with Crippen LogP contribution in [0.5, 0.6) is 0 Å². The van der Waals surface area contributed by atoms with E-state index in [4.69, 9.17) is 0 Å². The van der Waals surface area contributed by atoms with Crippen molar-refractivity contribution >= 4 is 16.5 Å². The molecule has 0 rings (SSSR count). The summed E-state index contributed by atoms with van der Waals surface area (Å²) >= 11 is 1.21. The van der Waals surface area contributed by atoms with Crippen molar-refractivity contribution in [3.05, 3.63) is 0 Å². The van der Waals surface area contributed by atoms with E-state index in [1.54, 1.807) is 0 Å². The molecule has 0 aromatic carbocycles. The molecule has 0 heterocycles. The summed E-state index contributed by atoms with van der Waals surface area (Å²) in [6.07, 6.45) is 2.63. The summed E-state index contributed by atoms with van der Waals surface area (Å²) in [4.78, 5) is 4.78. The highest BCUT2D eigenvalue weighted by Gasteiger charge is 2.01. The van der Waals surface area contributed by atoms with Crippen LogP contribution in [-0.4, -0.2) is 83.6 Å². The minimum Gasteiger partial charge on any atom is -0.390 e. The van der Waals surface area contributed by atoms with Crippen LogP contribution in [0.2, 0.25) is 0 Å². The van der Waals surface area contributed by atoms with Crippen molar-refractivity contribution in [3.63, 3.8) is 0 Å². The topological polar surface area (TPSA) is 9.72 Å². The van der Waals surface area contributed by atoms with Crippen LogP contribution in [0, 0.1) is 0 Å². The second kappa shape index (κ2) is 10.6. The molecule has 0 aromatic rings. The summed E-state index contributed by atoms with van der Waals surface area (Å²) in [5.74, 6) is 0. The van der Waals surface area contributed by atoms with E-state index in [2.05, 4.69) is 41.6 Å². The van der Waals surface area contributed by atoms with E-state index in [0.717, 1.165) is 0 Å². The fourth-order valence-corrected chi connectivity index (χ4v) is 2.51. The molecular formula is C12H30AlN3. The molecule has 0 aliphatic heterocycles. The van der Waals surface area contributed by atoms with Crippen molar-refractivity contribution in [1.29, 1.82) is 0 Å². The standard InChI is InChI=1S/C12H28N3.Al.2H/c1-5-15(6-2)12-8-10-13-9-7-11-14(3)4;;;/h5-12H2,1-4H3;;;/q-1;+1;;. The molecule has 0 radical (unpaired) electrons. The van der Waals surface area contributed by atoms with Gasteiger partial charge in [-0.05, 0) is 66.2 Å². The van der Waals surface area contributed by atoms with Crippen LogP contribution in [0.15, 0.2) is 0 Å². The lowest BCUT2D eigenvalue weighted by atomic mass is 10.3. The molecular weight excluding hydrogens is 213 g/mol. The van der Waals surface area contributed by atoms with Crippen LogP contribution in [0.3, 0.4) is 0 Å². The van der Waals surface area contributed by atoms with Crippen molar-refractivity contribution in [3.8, 4) is 0 Å². The van der Waals surface area contributed by atoms with E-state index in [0.29, 0.717) is 0 Å². The molecule has 0 unspecified atom stereocenters. The fraction of sp³-hybridized carbons (Fsp3) is 1.00. The fourth-order valence-electron chi connectivity index (χ4n) is 1.87. The monoisotopic (exact) mass is 243 g/mol. The normalized spacial score (nSPS) is 11.9. The van der Waals surface area contributed by atoms with Crippen LogP contribution in [0.1, 0.15) is 26.7 Å². The minimum atomic E-state index is 1.19. The summed E-state index contributed by atoms with van der Waals surface area (Å²) in [6.45, 7) is 11.9. The smallest absolute Gasteiger partial charge is 0.321 e. The quantitative estimate of drug-likeness (QED) is 0.518. The molecule has 0 aliphatic carbocycles. The van der Waals surface area contributed by atoms with E-state index >= 15 is 0 Å². The average molecular weight is 243 g/mol. The van der Waals surface area contributed by atoms with E-state index in [-0.39, 0.29) is 0 Å². The molecule has 0 amide bonds. The van der Waals surface area contributed by atoms with Gasteiger partial charge in [0.1, 0.15) is 0 Å². The molecule has 0 aromatic heterocycles. The molecule has 4 heteroatoms. The first kappa shape index (κ1) is 16.4. The van der Waals surface area contributed by atoms with Gasteiger partial charge in [-0.15, -0.1) is 0 Å². The van der Waals surface area contributed by atoms with Crippen molar-refractivity contribution in [2.75, 3.05) is 53.4 Å². The molecule has 0 aliphatic rings. The lowest BCUT2D eigenvalue weighted by Gasteiger charge is -2.22. The van der Waals surface area contributed by atoms with Crippen LogP contribution >= 0.6 is 0 Å². The molecule has 0 saturated heterocycles. The minimum absolute atomic E-state index is 1.19. The van der Waals surface area contributed by atoms with Gasteiger partial charge in [-0.3, -0.25) is 0 Å². The molecule has 0 N–H and O–H groups in total. The Balaban J connectivity index is 3.39. The summed E-state index contributed by atoms with van der Waals surface area (Å²) in [5.41, 5.74) is 0. The van der Waals surface area contributed by atoms with Crippen LogP contribution < -0.4 is 0 Å². The number of nitrogens with zero attached hydrogens (tertiary/aromatic N) is 3. The number of rotatable bonds is 10. The zero-order chi connectivity index (χ0) is 12.4. The van der Waals surface area contributed by atoms with Gasteiger partial charge in [0.25, 0.3) is 0 Å². The second-order valence-electron chi connectivity index (χ2n) is 4.84. The van der Waals surface area contributed by atoms with Gasteiger partial charge in [-0.2, -0.15) is 0 Å². The summed E-state index contributed by atoms with van der Waals surface area (Å²) in [6, 6.07) is 0. The first-order valence-electron chi connectivity index (χ1n) is 6.65. The Morgan fingerprint density at radius 2 is 1.31 bits per heavy atom. The zero-order valence-electron chi connectivity index (χ0n) is 12.0. The van der Waals surface area contributed by atoms with Gasteiger partial charge in [0.05, 0.1) is 0 Å². The lowest BCUT2D eigenvalue weighted by molar-refractivity contribution is 0.282. The molecule has 0 saturated carbocycles. The number of hydrogen-bond acceptors (Lipinski definition) is 3. The van der Waals surface area contributed by atoms with Crippen molar-refractivity contribution in [2.24, 2.45) is 0 Å². The van der Waals surface area contributed by atoms with E-state index in [9.17, 15) is 0 Å². The first-order chi connectivity index (χ1) is 7.60. The predicted octanol–water partition coefficient (Wildman–Crippen LogP) is 0.520. The van der Waals surface area contributed by atoms with E-state index < -0.39 is 0 Å². The van der Waals surface area contributed by atoms with E-state index in [1.165, 1.54) is 68.6 Å². The van der Waals surface area contributed by atoms with Gasteiger partial charge in [-0.25, -0.2) is 0 Å². The highest BCUT2D eigenvalue weighted by Crippen LogP contribution is 1.94. The summed E-state index contributed by atoms with van der Waals surface area (Å²) in [5, 5.41) is 0. The SMILES string of the molecule is CCN(CC)CCC[N]([AlH2])CCCN(C)C. The Kier molecular flexibility index (Phi) is 10.8. The van der Waals surface area contributed by atoms with Crippen LogP contribution in [0.4, 0.5) is 0 Å². The van der Waals surface area contributed by atoms with Crippen LogP contribution in [-0.2, 0) is 0 Å². The maximum absolute atomic E-state index is 2.59. The Labute approximate surface area is 110 Å². The van der Waals surface area contributed by atoms with Gasteiger partial charge in [0, 0.05) is 0 Å². The second-order valence-corrected chi connectivity index (χ2v) is 6.11. The molecule has 3 nitrogen and oxygen atoms in total.